The van der Waals surface area contributed by atoms with Crippen molar-refractivity contribution >= 4 is 17.7 Å². The van der Waals surface area contributed by atoms with E-state index in [1.54, 1.807) is 18.2 Å². The van der Waals surface area contributed by atoms with Crippen LogP contribution in [0.25, 0.3) is 6.08 Å². The molecule has 0 saturated heterocycles. The number of hydrogen-bond acceptors (Lipinski definition) is 3. The van der Waals surface area contributed by atoms with Crippen LogP contribution in [0, 0.1) is 0 Å². The second kappa shape index (κ2) is 7.74. The molecule has 0 aromatic heterocycles. The third-order valence-corrected chi connectivity index (χ3v) is 3.33. The van der Waals surface area contributed by atoms with Crippen molar-refractivity contribution in [1.29, 1.82) is 0 Å². The number of anilines is 1. The van der Waals surface area contributed by atoms with Crippen molar-refractivity contribution in [2.45, 2.75) is 6.18 Å². The molecule has 2 aromatic rings. The molecular formula is C18H16F3NO3. The van der Waals surface area contributed by atoms with Crippen LogP contribution >= 0.6 is 0 Å². The molecule has 1 N–H and O–H groups in total. The highest BCUT2D eigenvalue weighted by molar-refractivity contribution is 6.02. The first kappa shape index (κ1) is 18.4. The Balaban J connectivity index is 2.08. The summed E-state index contributed by atoms with van der Waals surface area (Å²) in [5.74, 6) is 0.674. The van der Waals surface area contributed by atoms with Crippen LogP contribution in [0.15, 0.2) is 48.5 Å². The predicted molar refractivity (Wildman–Crippen MR) is 88.7 cm³/mol. The highest BCUT2D eigenvalue weighted by atomic mass is 19.4. The number of carbonyl (C=O) groups excluding carboxylic acids is 1. The molecule has 0 bridgehead atoms. The third kappa shape index (κ3) is 5.00. The molecule has 0 aliphatic rings. The van der Waals surface area contributed by atoms with Gasteiger partial charge in [0.1, 0.15) is 11.5 Å². The molecule has 4 nitrogen and oxygen atoms in total. The number of benzene rings is 2. The van der Waals surface area contributed by atoms with Gasteiger partial charge in [-0.05, 0) is 48.5 Å². The Hall–Kier alpha value is -2.96. The Bertz CT molecular complexity index is 768. The summed E-state index contributed by atoms with van der Waals surface area (Å²) in [5, 5.41) is 2.49. The Morgan fingerprint density at radius 2 is 1.72 bits per heavy atom. The van der Waals surface area contributed by atoms with Crippen LogP contribution in [0.1, 0.15) is 11.1 Å². The summed E-state index contributed by atoms with van der Waals surface area (Å²) < 4.78 is 47.8. The number of rotatable bonds is 5. The Kier molecular flexibility index (Phi) is 5.69. The van der Waals surface area contributed by atoms with Gasteiger partial charge in [0.2, 0.25) is 5.91 Å². The lowest BCUT2D eigenvalue weighted by atomic mass is 10.1. The SMILES string of the molecule is COc1ccc(OC)c(/C=C/C(=O)Nc2ccc(C(F)(F)F)cc2)c1. The van der Waals surface area contributed by atoms with Gasteiger partial charge in [-0.3, -0.25) is 4.79 Å². The van der Waals surface area contributed by atoms with Crippen LogP contribution < -0.4 is 14.8 Å². The molecule has 2 rings (SSSR count). The molecule has 0 fully saturated rings. The van der Waals surface area contributed by atoms with Crippen molar-refractivity contribution in [2.24, 2.45) is 0 Å². The van der Waals surface area contributed by atoms with E-state index in [-0.39, 0.29) is 5.69 Å². The zero-order chi connectivity index (χ0) is 18.4. The average Bonchev–Trinajstić information content (AvgIpc) is 2.59. The van der Waals surface area contributed by atoms with E-state index < -0.39 is 17.6 Å². The summed E-state index contributed by atoms with van der Waals surface area (Å²) in [4.78, 5) is 11.9. The van der Waals surface area contributed by atoms with Crippen molar-refractivity contribution in [1.82, 2.24) is 0 Å². The molecule has 0 saturated carbocycles. The Morgan fingerprint density at radius 1 is 1.04 bits per heavy atom. The maximum Gasteiger partial charge on any atom is 0.416 e. The smallest absolute Gasteiger partial charge is 0.416 e. The first-order chi connectivity index (χ1) is 11.8. The number of amides is 1. The molecule has 0 heterocycles. The molecule has 2 aromatic carbocycles. The predicted octanol–water partition coefficient (Wildman–Crippen LogP) is 4.37. The van der Waals surface area contributed by atoms with Gasteiger partial charge in [0.15, 0.2) is 0 Å². The standard InChI is InChI=1S/C18H16F3NO3/c1-24-15-8-9-16(25-2)12(11-15)3-10-17(23)22-14-6-4-13(5-7-14)18(19,20)21/h3-11H,1-2H3,(H,22,23)/b10-3+. The minimum absolute atomic E-state index is 0.264. The van der Waals surface area contributed by atoms with E-state index in [1.807, 2.05) is 0 Å². The lowest BCUT2D eigenvalue weighted by Gasteiger charge is -2.08. The lowest BCUT2D eigenvalue weighted by Crippen LogP contribution is -2.09. The quantitative estimate of drug-likeness (QED) is 0.814. The highest BCUT2D eigenvalue weighted by Gasteiger charge is 2.29. The van der Waals surface area contributed by atoms with Gasteiger partial charge in [-0.2, -0.15) is 13.2 Å². The van der Waals surface area contributed by atoms with Gasteiger partial charge in [0.25, 0.3) is 0 Å². The van der Waals surface area contributed by atoms with Gasteiger partial charge in [-0.25, -0.2) is 0 Å². The van der Waals surface area contributed by atoms with Gasteiger partial charge in [-0.15, -0.1) is 0 Å². The van der Waals surface area contributed by atoms with Gasteiger partial charge < -0.3 is 14.8 Å². The van der Waals surface area contributed by atoms with Crippen molar-refractivity contribution in [3.05, 3.63) is 59.7 Å². The number of alkyl halides is 3. The minimum Gasteiger partial charge on any atom is -0.497 e. The summed E-state index contributed by atoms with van der Waals surface area (Å²) >= 11 is 0. The van der Waals surface area contributed by atoms with Gasteiger partial charge in [0, 0.05) is 17.3 Å². The van der Waals surface area contributed by atoms with E-state index >= 15 is 0 Å². The Labute approximate surface area is 142 Å². The van der Waals surface area contributed by atoms with E-state index in [4.69, 9.17) is 9.47 Å². The molecule has 0 radical (unpaired) electrons. The fraction of sp³-hybridized carbons (Fsp3) is 0.167. The topological polar surface area (TPSA) is 47.6 Å². The van der Waals surface area contributed by atoms with E-state index in [1.165, 1.54) is 38.5 Å². The second-order valence-electron chi connectivity index (χ2n) is 5.01. The highest BCUT2D eigenvalue weighted by Crippen LogP contribution is 2.30. The molecular weight excluding hydrogens is 335 g/mol. The summed E-state index contributed by atoms with van der Waals surface area (Å²) in [6, 6.07) is 9.32. The van der Waals surface area contributed by atoms with E-state index in [0.29, 0.717) is 17.1 Å². The summed E-state index contributed by atoms with van der Waals surface area (Å²) in [5.41, 5.74) is 0.117. The number of halogens is 3. The molecule has 0 aliphatic carbocycles. The monoisotopic (exact) mass is 351 g/mol. The number of ether oxygens (including phenoxy) is 2. The number of hydrogen-bond donors (Lipinski definition) is 1. The second-order valence-corrected chi connectivity index (χ2v) is 5.01. The third-order valence-electron chi connectivity index (χ3n) is 3.33. The molecule has 132 valence electrons. The molecule has 7 heteroatoms. The number of methoxy groups -OCH3 is 2. The van der Waals surface area contributed by atoms with Gasteiger partial charge in [0.05, 0.1) is 19.8 Å². The van der Waals surface area contributed by atoms with Crippen molar-refractivity contribution in [3.8, 4) is 11.5 Å². The van der Waals surface area contributed by atoms with Crippen LogP contribution in [-0.4, -0.2) is 20.1 Å². The van der Waals surface area contributed by atoms with Crippen molar-refractivity contribution in [2.75, 3.05) is 19.5 Å². The number of carbonyl (C=O) groups is 1. The minimum atomic E-state index is -4.41. The number of nitrogens with one attached hydrogen (secondary N) is 1. The maximum atomic E-state index is 12.5. The van der Waals surface area contributed by atoms with Crippen LogP contribution in [0.3, 0.4) is 0 Å². The van der Waals surface area contributed by atoms with E-state index in [2.05, 4.69) is 5.32 Å². The first-order valence-electron chi connectivity index (χ1n) is 7.22. The van der Waals surface area contributed by atoms with Crippen LogP contribution in [0.4, 0.5) is 18.9 Å². The normalized spacial score (nSPS) is 11.4. The van der Waals surface area contributed by atoms with Gasteiger partial charge in [-0.1, -0.05) is 0 Å². The molecule has 25 heavy (non-hydrogen) atoms. The molecule has 0 spiro atoms. The van der Waals surface area contributed by atoms with E-state index in [0.717, 1.165) is 12.1 Å². The van der Waals surface area contributed by atoms with Crippen LogP contribution in [-0.2, 0) is 11.0 Å². The Morgan fingerprint density at radius 3 is 2.28 bits per heavy atom. The van der Waals surface area contributed by atoms with Crippen molar-refractivity contribution in [3.63, 3.8) is 0 Å². The van der Waals surface area contributed by atoms with Crippen LogP contribution in [0.5, 0.6) is 11.5 Å². The molecule has 0 unspecified atom stereocenters. The fourth-order valence-corrected chi connectivity index (χ4v) is 2.06. The van der Waals surface area contributed by atoms with Gasteiger partial charge >= 0.3 is 6.18 Å². The largest absolute Gasteiger partial charge is 0.497 e. The zero-order valence-corrected chi connectivity index (χ0v) is 13.6. The zero-order valence-electron chi connectivity index (χ0n) is 13.6. The summed E-state index contributed by atoms with van der Waals surface area (Å²) in [6.45, 7) is 0. The first-order valence-corrected chi connectivity index (χ1v) is 7.22. The fourth-order valence-electron chi connectivity index (χ4n) is 2.06. The average molecular weight is 351 g/mol. The molecule has 0 atom stereocenters. The summed E-state index contributed by atoms with van der Waals surface area (Å²) in [7, 11) is 3.02. The van der Waals surface area contributed by atoms with E-state index in [9.17, 15) is 18.0 Å². The van der Waals surface area contributed by atoms with Crippen LogP contribution in [0.2, 0.25) is 0 Å². The maximum absolute atomic E-state index is 12.5. The van der Waals surface area contributed by atoms with Crippen molar-refractivity contribution < 1.29 is 27.4 Å². The lowest BCUT2D eigenvalue weighted by molar-refractivity contribution is -0.137. The molecule has 0 aliphatic heterocycles. The molecule has 1 amide bonds. The summed E-state index contributed by atoms with van der Waals surface area (Å²) in [6.07, 6.45) is -1.62.